The summed E-state index contributed by atoms with van der Waals surface area (Å²) in [5, 5.41) is 0. The second kappa shape index (κ2) is 8.51. The van der Waals surface area contributed by atoms with Crippen molar-refractivity contribution in [2.24, 2.45) is 17.3 Å². The van der Waals surface area contributed by atoms with Gasteiger partial charge in [-0.25, -0.2) is 4.79 Å². The van der Waals surface area contributed by atoms with Gasteiger partial charge in [0, 0.05) is 11.0 Å². The maximum atomic E-state index is 12.2. The Labute approximate surface area is 148 Å². The largest absolute Gasteiger partial charge is 0.432 e. The van der Waals surface area contributed by atoms with E-state index in [-0.39, 0.29) is 17.5 Å². The van der Waals surface area contributed by atoms with Gasteiger partial charge in [0.25, 0.3) is 0 Å². The van der Waals surface area contributed by atoms with Crippen molar-refractivity contribution < 1.29 is 14.3 Å². The van der Waals surface area contributed by atoms with Gasteiger partial charge in [0.2, 0.25) is 6.29 Å². The fraction of sp³-hybridized carbons (Fsp3) is 0.857. The second-order valence-corrected chi connectivity index (χ2v) is 8.41. The van der Waals surface area contributed by atoms with Crippen LogP contribution in [0.5, 0.6) is 0 Å². The average molecular weight is 337 g/mol. The van der Waals surface area contributed by atoms with Crippen molar-refractivity contribution in [3.63, 3.8) is 0 Å². The Hall–Kier alpha value is -0.830. The van der Waals surface area contributed by atoms with Crippen LogP contribution < -0.4 is 0 Å². The van der Waals surface area contributed by atoms with Gasteiger partial charge in [-0.1, -0.05) is 59.5 Å². The molecule has 0 amide bonds. The van der Waals surface area contributed by atoms with Crippen molar-refractivity contribution in [2.45, 2.75) is 97.9 Å². The fourth-order valence-corrected chi connectivity index (χ4v) is 4.45. The van der Waals surface area contributed by atoms with E-state index >= 15 is 0 Å². The predicted molar refractivity (Wildman–Crippen MR) is 97.6 cm³/mol. The number of hydrogen-bond donors (Lipinski definition) is 0. The van der Waals surface area contributed by atoms with Crippen LogP contribution in [0.3, 0.4) is 0 Å². The zero-order valence-corrected chi connectivity index (χ0v) is 16.1. The molecule has 2 rings (SSSR count). The molecule has 138 valence electrons. The third-order valence-electron chi connectivity index (χ3n) is 6.19. The first-order valence-corrected chi connectivity index (χ1v) is 9.89. The minimum absolute atomic E-state index is 0.0706. The number of carbonyl (C=O) groups excluding carboxylic acids is 1. The summed E-state index contributed by atoms with van der Waals surface area (Å²) in [5.74, 6) is 0.789. The lowest BCUT2D eigenvalue weighted by molar-refractivity contribution is -0.244. The van der Waals surface area contributed by atoms with Crippen molar-refractivity contribution in [3.8, 4) is 0 Å². The van der Waals surface area contributed by atoms with Gasteiger partial charge in [-0.05, 0) is 44.4 Å². The summed E-state index contributed by atoms with van der Waals surface area (Å²) in [6, 6.07) is 0. The normalized spacial score (nSPS) is 31.2. The second-order valence-electron chi connectivity index (χ2n) is 8.41. The summed E-state index contributed by atoms with van der Waals surface area (Å²) >= 11 is 0. The Balaban J connectivity index is 2.17. The van der Waals surface area contributed by atoms with Gasteiger partial charge in [0.15, 0.2) is 0 Å². The van der Waals surface area contributed by atoms with Crippen LogP contribution in [0, 0.1) is 17.3 Å². The van der Waals surface area contributed by atoms with E-state index in [9.17, 15) is 4.79 Å². The maximum Gasteiger partial charge on any atom is 0.335 e. The molecular formula is C21H36O3. The Morgan fingerprint density at radius 2 is 1.88 bits per heavy atom. The van der Waals surface area contributed by atoms with E-state index in [4.69, 9.17) is 9.47 Å². The van der Waals surface area contributed by atoms with Crippen molar-refractivity contribution >= 4 is 5.97 Å². The molecule has 4 unspecified atom stereocenters. The van der Waals surface area contributed by atoms with E-state index in [0.717, 1.165) is 19.3 Å². The van der Waals surface area contributed by atoms with Crippen LogP contribution in [-0.4, -0.2) is 18.4 Å². The lowest BCUT2D eigenvalue weighted by atomic mass is 9.74. The van der Waals surface area contributed by atoms with Gasteiger partial charge in [0.1, 0.15) is 0 Å². The minimum atomic E-state index is -0.443. The molecular weight excluding hydrogens is 300 g/mol. The third-order valence-corrected chi connectivity index (χ3v) is 6.19. The van der Waals surface area contributed by atoms with Crippen LogP contribution in [0.25, 0.3) is 0 Å². The van der Waals surface area contributed by atoms with E-state index in [1.165, 1.54) is 38.5 Å². The SMILES string of the molecule is C=C(C)C(=O)OC(OC1C(C)CCCC1CC)C1(C)CCCCC1. The number of rotatable bonds is 6. The van der Waals surface area contributed by atoms with Crippen molar-refractivity contribution in [1.29, 1.82) is 0 Å². The fourth-order valence-electron chi connectivity index (χ4n) is 4.45. The molecule has 0 radical (unpaired) electrons. The molecule has 3 nitrogen and oxygen atoms in total. The topological polar surface area (TPSA) is 35.5 Å². The van der Waals surface area contributed by atoms with E-state index in [0.29, 0.717) is 17.4 Å². The van der Waals surface area contributed by atoms with Crippen molar-refractivity contribution in [2.75, 3.05) is 0 Å². The molecule has 0 heterocycles. The van der Waals surface area contributed by atoms with E-state index < -0.39 is 6.29 Å². The lowest BCUT2D eigenvalue weighted by Gasteiger charge is -2.44. The Morgan fingerprint density at radius 3 is 2.46 bits per heavy atom. The quantitative estimate of drug-likeness (QED) is 0.358. The molecule has 24 heavy (non-hydrogen) atoms. The number of ether oxygens (including phenoxy) is 2. The Bertz CT molecular complexity index is 436. The highest BCUT2D eigenvalue weighted by Gasteiger charge is 2.43. The van der Waals surface area contributed by atoms with Gasteiger partial charge >= 0.3 is 5.97 Å². The molecule has 2 aliphatic carbocycles. The Morgan fingerprint density at radius 1 is 1.21 bits per heavy atom. The van der Waals surface area contributed by atoms with Gasteiger partial charge in [-0.15, -0.1) is 0 Å². The molecule has 0 N–H and O–H groups in total. The number of esters is 1. The highest BCUT2D eigenvalue weighted by atomic mass is 16.7. The standard InChI is InChI=1S/C21H36O3/c1-6-17-12-10-11-16(4)18(17)23-20(24-19(22)15(2)3)21(5)13-8-7-9-14-21/h16-18,20H,2,6-14H2,1,3-5H3. The molecule has 2 aliphatic rings. The molecule has 4 atom stereocenters. The van der Waals surface area contributed by atoms with Crippen molar-refractivity contribution in [3.05, 3.63) is 12.2 Å². The summed E-state index contributed by atoms with van der Waals surface area (Å²) in [5.41, 5.74) is 0.380. The van der Waals surface area contributed by atoms with Crippen LogP contribution in [0.1, 0.15) is 85.5 Å². The van der Waals surface area contributed by atoms with Gasteiger partial charge < -0.3 is 9.47 Å². The van der Waals surface area contributed by atoms with E-state index in [1.807, 2.05) is 0 Å². The highest BCUT2D eigenvalue weighted by molar-refractivity contribution is 5.87. The molecule has 2 fully saturated rings. The maximum absolute atomic E-state index is 12.2. The first-order chi connectivity index (χ1) is 11.4. The van der Waals surface area contributed by atoms with E-state index in [2.05, 4.69) is 27.4 Å². The summed E-state index contributed by atoms with van der Waals surface area (Å²) in [6.45, 7) is 12.2. The average Bonchev–Trinajstić information content (AvgIpc) is 2.56. The molecule has 2 saturated carbocycles. The molecule has 0 aromatic heterocycles. The summed E-state index contributed by atoms with van der Waals surface area (Å²) in [7, 11) is 0. The molecule has 3 heteroatoms. The molecule has 0 aromatic rings. The third kappa shape index (κ3) is 4.62. The molecule has 0 spiro atoms. The van der Waals surface area contributed by atoms with Gasteiger partial charge in [0.05, 0.1) is 6.10 Å². The van der Waals surface area contributed by atoms with Gasteiger partial charge in [-0.2, -0.15) is 0 Å². The molecule has 0 aromatic carbocycles. The minimum Gasteiger partial charge on any atom is -0.432 e. The predicted octanol–water partition coefficient (Wildman–Crippen LogP) is 5.63. The smallest absolute Gasteiger partial charge is 0.335 e. The van der Waals surface area contributed by atoms with Crippen LogP contribution >= 0.6 is 0 Å². The zero-order chi connectivity index (χ0) is 17.7. The molecule has 0 saturated heterocycles. The lowest BCUT2D eigenvalue weighted by Crippen LogP contribution is -2.46. The van der Waals surface area contributed by atoms with Crippen LogP contribution in [0.4, 0.5) is 0 Å². The first kappa shape index (κ1) is 19.5. The summed E-state index contributed by atoms with van der Waals surface area (Å²) in [4.78, 5) is 12.2. The van der Waals surface area contributed by atoms with E-state index in [1.54, 1.807) is 6.92 Å². The van der Waals surface area contributed by atoms with Crippen LogP contribution in [0.15, 0.2) is 12.2 Å². The molecule has 0 aliphatic heterocycles. The summed E-state index contributed by atoms with van der Waals surface area (Å²) in [6.07, 6.45) is 10.4. The van der Waals surface area contributed by atoms with Crippen molar-refractivity contribution in [1.82, 2.24) is 0 Å². The monoisotopic (exact) mass is 336 g/mol. The van der Waals surface area contributed by atoms with Crippen LogP contribution in [-0.2, 0) is 14.3 Å². The summed E-state index contributed by atoms with van der Waals surface area (Å²) < 4.78 is 12.4. The number of hydrogen-bond acceptors (Lipinski definition) is 3. The molecule has 0 bridgehead atoms. The first-order valence-electron chi connectivity index (χ1n) is 9.89. The van der Waals surface area contributed by atoms with Crippen LogP contribution in [0.2, 0.25) is 0 Å². The highest BCUT2D eigenvalue weighted by Crippen LogP contribution is 2.43. The zero-order valence-electron chi connectivity index (χ0n) is 16.1. The number of carbonyl (C=O) groups is 1. The Kier molecular flexibility index (Phi) is 6.91. The van der Waals surface area contributed by atoms with Gasteiger partial charge in [-0.3, -0.25) is 0 Å².